The van der Waals surface area contributed by atoms with E-state index in [0.717, 1.165) is 25.7 Å². The Morgan fingerprint density at radius 2 is 0.926 bits per heavy atom. The molecular formula is C23H48O4. The summed E-state index contributed by atoms with van der Waals surface area (Å²) >= 11 is 0. The Bertz CT molecular complexity index is 399. The van der Waals surface area contributed by atoms with Crippen LogP contribution < -0.4 is 0 Å². The van der Waals surface area contributed by atoms with Crippen molar-refractivity contribution in [3.8, 4) is 0 Å². The van der Waals surface area contributed by atoms with Gasteiger partial charge >= 0.3 is 0 Å². The van der Waals surface area contributed by atoms with Crippen molar-refractivity contribution in [3.05, 3.63) is 0 Å². The van der Waals surface area contributed by atoms with Crippen molar-refractivity contribution in [3.63, 3.8) is 0 Å². The first kappa shape index (κ1) is 26.8. The Kier molecular flexibility index (Phi) is 9.99. The normalized spacial score (nSPS) is 14.7. The molecular weight excluding hydrogens is 340 g/mol. The molecule has 0 aromatic rings. The van der Waals surface area contributed by atoms with E-state index in [1.165, 1.54) is 0 Å². The topological polar surface area (TPSA) is 47.9 Å². The summed E-state index contributed by atoms with van der Waals surface area (Å²) in [5, 5.41) is 10.1. The van der Waals surface area contributed by atoms with Crippen LogP contribution in [0.1, 0.15) is 102 Å². The number of hydrogen-bond acceptors (Lipinski definition) is 4. The molecule has 0 rings (SSSR count). The molecule has 0 aromatic heterocycles. The smallest absolute Gasteiger partial charge is 0.0824 e. The van der Waals surface area contributed by atoms with Crippen molar-refractivity contribution in [1.29, 1.82) is 0 Å². The second kappa shape index (κ2) is 10.0. The van der Waals surface area contributed by atoms with Crippen molar-refractivity contribution in [2.24, 2.45) is 5.41 Å². The highest BCUT2D eigenvalue weighted by Crippen LogP contribution is 2.47. The molecule has 0 aliphatic carbocycles. The minimum absolute atomic E-state index is 0.0143. The molecule has 4 nitrogen and oxygen atoms in total. The summed E-state index contributed by atoms with van der Waals surface area (Å²) in [6.07, 6.45) is 3.79. The molecule has 0 atom stereocenters. The van der Waals surface area contributed by atoms with E-state index in [2.05, 4.69) is 62.3 Å². The van der Waals surface area contributed by atoms with E-state index in [9.17, 15) is 5.11 Å². The minimum atomic E-state index is -0.832. The van der Waals surface area contributed by atoms with E-state index >= 15 is 0 Å². The third kappa shape index (κ3) is 11.4. The maximum Gasteiger partial charge on any atom is 0.0824 e. The SMILES string of the molecule is CCOC(C)(C)CC(CC)(CC(C)(C)OCC)CC(C)(C)OCC(C)(C)O. The fourth-order valence-electron chi connectivity index (χ4n) is 4.58. The first-order chi connectivity index (χ1) is 12.0. The van der Waals surface area contributed by atoms with Crippen LogP contribution in [0, 0.1) is 5.41 Å². The van der Waals surface area contributed by atoms with Gasteiger partial charge in [-0.15, -0.1) is 0 Å². The standard InChI is InChI=1S/C23H48O4/c1-12-23(15-20(6,7)25-13-2,16-21(8,9)26-14-3)17-22(10,11)27-18-19(4,5)24/h24H,12-18H2,1-11H3. The van der Waals surface area contributed by atoms with Gasteiger partial charge in [-0.3, -0.25) is 0 Å². The summed E-state index contributed by atoms with van der Waals surface area (Å²) < 4.78 is 18.3. The number of rotatable bonds is 14. The van der Waals surface area contributed by atoms with E-state index in [1.807, 2.05) is 0 Å². The first-order valence-corrected chi connectivity index (χ1v) is 10.7. The van der Waals surface area contributed by atoms with Crippen molar-refractivity contribution in [1.82, 2.24) is 0 Å². The molecule has 0 aliphatic heterocycles. The summed E-state index contributed by atoms with van der Waals surface area (Å²) in [5.74, 6) is 0. The van der Waals surface area contributed by atoms with Gasteiger partial charge in [0, 0.05) is 13.2 Å². The molecule has 0 radical (unpaired) electrons. The quantitative estimate of drug-likeness (QED) is 0.411. The molecule has 27 heavy (non-hydrogen) atoms. The Hall–Kier alpha value is -0.160. The molecule has 0 fully saturated rings. The Balaban J connectivity index is 5.66. The maximum absolute atomic E-state index is 10.1. The Morgan fingerprint density at radius 3 is 1.19 bits per heavy atom. The first-order valence-electron chi connectivity index (χ1n) is 10.7. The molecule has 1 N–H and O–H groups in total. The zero-order valence-corrected chi connectivity index (χ0v) is 20.1. The number of hydrogen-bond donors (Lipinski definition) is 1. The third-order valence-electron chi connectivity index (χ3n) is 5.04. The zero-order valence-electron chi connectivity index (χ0n) is 20.1. The van der Waals surface area contributed by atoms with Gasteiger partial charge in [-0.1, -0.05) is 13.3 Å². The number of aliphatic hydroxyl groups is 1. The van der Waals surface area contributed by atoms with Crippen molar-refractivity contribution < 1.29 is 19.3 Å². The lowest BCUT2D eigenvalue weighted by molar-refractivity contribution is -0.136. The zero-order chi connectivity index (χ0) is 21.6. The second-order valence-corrected chi connectivity index (χ2v) is 10.6. The summed E-state index contributed by atoms with van der Waals surface area (Å²) in [6.45, 7) is 24.6. The summed E-state index contributed by atoms with van der Waals surface area (Å²) in [6, 6.07) is 0. The molecule has 164 valence electrons. The lowest BCUT2D eigenvalue weighted by atomic mass is 9.65. The van der Waals surface area contributed by atoms with Gasteiger partial charge in [-0.05, 0) is 93.9 Å². The molecule has 0 saturated heterocycles. The van der Waals surface area contributed by atoms with E-state index in [1.54, 1.807) is 13.8 Å². The average Bonchev–Trinajstić information content (AvgIpc) is 2.42. The van der Waals surface area contributed by atoms with Gasteiger partial charge < -0.3 is 19.3 Å². The largest absolute Gasteiger partial charge is 0.388 e. The van der Waals surface area contributed by atoms with Crippen LogP contribution in [0.15, 0.2) is 0 Å². The molecule has 0 spiro atoms. The van der Waals surface area contributed by atoms with Crippen molar-refractivity contribution in [2.75, 3.05) is 19.8 Å². The predicted octanol–water partition coefficient (Wildman–Crippen LogP) is 5.75. The highest BCUT2D eigenvalue weighted by atomic mass is 16.5. The van der Waals surface area contributed by atoms with Crippen LogP contribution >= 0.6 is 0 Å². The van der Waals surface area contributed by atoms with Gasteiger partial charge in [0.15, 0.2) is 0 Å². The van der Waals surface area contributed by atoms with Crippen LogP contribution in [0.4, 0.5) is 0 Å². The van der Waals surface area contributed by atoms with Crippen LogP contribution in [0.2, 0.25) is 0 Å². The monoisotopic (exact) mass is 388 g/mol. The predicted molar refractivity (Wildman–Crippen MR) is 114 cm³/mol. The second-order valence-electron chi connectivity index (χ2n) is 10.6. The van der Waals surface area contributed by atoms with Crippen LogP contribution in [0.5, 0.6) is 0 Å². The lowest BCUT2D eigenvalue weighted by Gasteiger charge is -2.47. The highest BCUT2D eigenvalue weighted by molar-refractivity contribution is 4.95. The molecule has 0 aromatic carbocycles. The highest BCUT2D eigenvalue weighted by Gasteiger charge is 2.44. The van der Waals surface area contributed by atoms with Crippen molar-refractivity contribution in [2.45, 2.75) is 124 Å². The van der Waals surface area contributed by atoms with Crippen LogP contribution in [-0.2, 0) is 14.2 Å². The fourth-order valence-corrected chi connectivity index (χ4v) is 4.58. The van der Waals surface area contributed by atoms with Crippen LogP contribution in [0.25, 0.3) is 0 Å². The van der Waals surface area contributed by atoms with E-state index in [0.29, 0.717) is 19.8 Å². The van der Waals surface area contributed by atoms with Crippen LogP contribution in [0.3, 0.4) is 0 Å². The molecule has 0 aliphatic rings. The van der Waals surface area contributed by atoms with Gasteiger partial charge in [-0.25, -0.2) is 0 Å². The molecule has 4 heteroatoms. The molecule has 0 bridgehead atoms. The van der Waals surface area contributed by atoms with Gasteiger partial charge in [0.05, 0.1) is 29.0 Å². The van der Waals surface area contributed by atoms with E-state index in [4.69, 9.17) is 14.2 Å². The third-order valence-corrected chi connectivity index (χ3v) is 5.04. The van der Waals surface area contributed by atoms with Gasteiger partial charge in [-0.2, -0.15) is 0 Å². The molecule has 0 heterocycles. The molecule has 0 unspecified atom stereocenters. The molecule has 0 saturated carbocycles. The Labute approximate surface area is 169 Å². The van der Waals surface area contributed by atoms with Gasteiger partial charge in [0.1, 0.15) is 0 Å². The average molecular weight is 389 g/mol. The van der Waals surface area contributed by atoms with Gasteiger partial charge in [0.25, 0.3) is 0 Å². The summed E-state index contributed by atoms with van der Waals surface area (Å²) in [4.78, 5) is 0. The number of ether oxygens (including phenoxy) is 3. The fraction of sp³-hybridized carbons (Fsp3) is 1.00. The van der Waals surface area contributed by atoms with E-state index in [-0.39, 0.29) is 22.2 Å². The molecule has 0 amide bonds. The summed E-state index contributed by atoms with van der Waals surface area (Å²) in [5.41, 5.74) is -1.58. The maximum atomic E-state index is 10.1. The van der Waals surface area contributed by atoms with Crippen LogP contribution in [-0.4, -0.2) is 47.3 Å². The van der Waals surface area contributed by atoms with E-state index < -0.39 is 5.60 Å². The summed E-state index contributed by atoms with van der Waals surface area (Å²) in [7, 11) is 0. The Morgan fingerprint density at radius 1 is 0.593 bits per heavy atom. The van der Waals surface area contributed by atoms with Crippen molar-refractivity contribution >= 4 is 0 Å². The minimum Gasteiger partial charge on any atom is -0.388 e. The lowest BCUT2D eigenvalue weighted by Crippen LogP contribution is -2.45. The van der Waals surface area contributed by atoms with Gasteiger partial charge in [0.2, 0.25) is 0 Å².